The first-order chi connectivity index (χ1) is 13.2. The lowest BCUT2D eigenvalue weighted by Crippen LogP contribution is -2.43. The molecule has 1 N–H and O–H groups in total. The van der Waals surface area contributed by atoms with Crippen molar-refractivity contribution in [3.8, 4) is 17.2 Å². The second-order valence-electron chi connectivity index (χ2n) is 6.37. The summed E-state index contributed by atoms with van der Waals surface area (Å²) in [6, 6.07) is 12.5. The van der Waals surface area contributed by atoms with E-state index < -0.39 is 0 Å². The van der Waals surface area contributed by atoms with Crippen LogP contribution in [0.3, 0.4) is 0 Å². The predicted octanol–water partition coefficient (Wildman–Crippen LogP) is 3.46. The van der Waals surface area contributed by atoms with Gasteiger partial charge in [-0.05, 0) is 35.2 Å². The molecule has 0 atom stereocenters. The quantitative estimate of drug-likeness (QED) is 0.390. The number of halogens is 1. The number of rotatable bonds is 5. The number of guanidine groups is 1. The van der Waals surface area contributed by atoms with Gasteiger partial charge in [0.25, 0.3) is 0 Å². The Labute approximate surface area is 183 Å². The van der Waals surface area contributed by atoms with Crippen molar-refractivity contribution in [2.24, 2.45) is 4.99 Å². The molecule has 2 aromatic rings. The third-order valence-corrected chi connectivity index (χ3v) is 4.82. The van der Waals surface area contributed by atoms with E-state index in [2.05, 4.69) is 39.5 Å². The van der Waals surface area contributed by atoms with Crippen LogP contribution in [-0.4, -0.2) is 45.8 Å². The zero-order valence-electron chi connectivity index (χ0n) is 16.8. The van der Waals surface area contributed by atoms with Crippen molar-refractivity contribution in [1.82, 2.24) is 10.2 Å². The maximum atomic E-state index is 5.43. The first-order valence-corrected chi connectivity index (χ1v) is 9.01. The normalized spacial score (nSPS) is 13.3. The van der Waals surface area contributed by atoms with Gasteiger partial charge in [-0.15, -0.1) is 24.0 Å². The van der Waals surface area contributed by atoms with Gasteiger partial charge in [-0.1, -0.05) is 24.3 Å². The summed E-state index contributed by atoms with van der Waals surface area (Å²) < 4.78 is 16.3. The molecular formula is C21H28IN3O3. The molecule has 0 aliphatic carbocycles. The lowest BCUT2D eigenvalue weighted by atomic mass is 10.0. The number of hydrogen-bond acceptors (Lipinski definition) is 4. The van der Waals surface area contributed by atoms with Gasteiger partial charge in [0, 0.05) is 26.7 Å². The van der Waals surface area contributed by atoms with Gasteiger partial charge in [0.05, 0.1) is 21.3 Å². The molecule has 0 amide bonds. The van der Waals surface area contributed by atoms with E-state index in [1.165, 1.54) is 11.1 Å². The van der Waals surface area contributed by atoms with Crippen LogP contribution in [0.25, 0.3) is 0 Å². The molecule has 0 bridgehead atoms. The number of hydrogen-bond donors (Lipinski definition) is 1. The van der Waals surface area contributed by atoms with Crippen molar-refractivity contribution in [2.75, 3.05) is 34.9 Å². The summed E-state index contributed by atoms with van der Waals surface area (Å²) in [7, 11) is 6.67. The van der Waals surface area contributed by atoms with Gasteiger partial charge >= 0.3 is 0 Å². The van der Waals surface area contributed by atoms with Crippen molar-refractivity contribution < 1.29 is 14.2 Å². The van der Waals surface area contributed by atoms with E-state index in [4.69, 9.17) is 14.2 Å². The molecule has 0 radical (unpaired) electrons. The van der Waals surface area contributed by atoms with Gasteiger partial charge in [-0.2, -0.15) is 0 Å². The number of nitrogens with zero attached hydrogens (tertiary/aromatic N) is 2. The Morgan fingerprint density at radius 3 is 2.25 bits per heavy atom. The fourth-order valence-corrected chi connectivity index (χ4v) is 3.43. The first-order valence-electron chi connectivity index (χ1n) is 9.01. The van der Waals surface area contributed by atoms with Gasteiger partial charge in [0.15, 0.2) is 17.5 Å². The minimum Gasteiger partial charge on any atom is -0.493 e. The summed E-state index contributed by atoms with van der Waals surface area (Å²) >= 11 is 0. The number of fused-ring (bicyclic) bond motifs is 1. The van der Waals surface area contributed by atoms with Crippen LogP contribution in [-0.2, 0) is 19.5 Å². The fraction of sp³-hybridized carbons (Fsp3) is 0.381. The Morgan fingerprint density at radius 1 is 1.04 bits per heavy atom. The van der Waals surface area contributed by atoms with Crippen molar-refractivity contribution in [1.29, 1.82) is 0 Å². The van der Waals surface area contributed by atoms with E-state index in [1.54, 1.807) is 21.3 Å². The van der Waals surface area contributed by atoms with Crippen molar-refractivity contribution in [3.05, 3.63) is 53.1 Å². The van der Waals surface area contributed by atoms with E-state index in [0.29, 0.717) is 23.8 Å². The Bertz CT molecular complexity index is 801. The van der Waals surface area contributed by atoms with E-state index in [0.717, 1.165) is 31.0 Å². The summed E-state index contributed by atoms with van der Waals surface area (Å²) in [5, 5.41) is 3.45. The van der Waals surface area contributed by atoms with Gasteiger partial charge < -0.3 is 24.4 Å². The van der Waals surface area contributed by atoms with E-state index >= 15 is 0 Å². The van der Waals surface area contributed by atoms with Crippen LogP contribution in [0.4, 0.5) is 0 Å². The first kappa shape index (κ1) is 22.1. The molecule has 2 aromatic carbocycles. The highest BCUT2D eigenvalue weighted by atomic mass is 127. The molecule has 7 heteroatoms. The molecular weight excluding hydrogens is 469 g/mol. The van der Waals surface area contributed by atoms with Gasteiger partial charge in [0.2, 0.25) is 5.75 Å². The molecule has 0 aromatic heterocycles. The standard InChI is InChI=1S/C21H27N3O3.HI/c1-22-21(24-10-9-16-7-5-6-8-17(16)14-24)23-13-15-11-18(25-2)20(27-4)19(12-15)26-3;/h5-8,11-12H,9-10,13-14H2,1-4H3,(H,22,23);1H. The minimum atomic E-state index is 0. The highest BCUT2D eigenvalue weighted by Gasteiger charge is 2.19. The van der Waals surface area contributed by atoms with Crippen LogP contribution in [0.15, 0.2) is 41.4 Å². The second-order valence-corrected chi connectivity index (χ2v) is 6.37. The van der Waals surface area contributed by atoms with Crippen LogP contribution in [0.1, 0.15) is 16.7 Å². The Morgan fingerprint density at radius 2 is 1.68 bits per heavy atom. The van der Waals surface area contributed by atoms with E-state index in [-0.39, 0.29) is 24.0 Å². The molecule has 28 heavy (non-hydrogen) atoms. The fourth-order valence-electron chi connectivity index (χ4n) is 3.43. The Kier molecular flexibility index (Phi) is 8.22. The SMILES string of the molecule is CN=C(NCc1cc(OC)c(OC)c(OC)c1)N1CCc2ccccc2C1.I. The highest BCUT2D eigenvalue weighted by Crippen LogP contribution is 2.38. The van der Waals surface area contributed by atoms with Crippen molar-refractivity contribution >= 4 is 29.9 Å². The molecule has 152 valence electrons. The number of nitrogens with one attached hydrogen (secondary N) is 1. The van der Waals surface area contributed by atoms with Gasteiger partial charge in [-0.3, -0.25) is 4.99 Å². The molecule has 6 nitrogen and oxygen atoms in total. The van der Waals surface area contributed by atoms with Gasteiger partial charge in [0.1, 0.15) is 0 Å². The van der Waals surface area contributed by atoms with Gasteiger partial charge in [-0.25, -0.2) is 0 Å². The second kappa shape index (κ2) is 10.4. The minimum absolute atomic E-state index is 0. The third-order valence-electron chi connectivity index (χ3n) is 4.82. The Hall–Kier alpha value is -2.16. The molecule has 0 saturated heterocycles. The lowest BCUT2D eigenvalue weighted by Gasteiger charge is -2.31. The van der Waals surface area contributed by atoms with Crippen LogP contribution in [0.2, 0.25) is 0 Å². The molecule has 1 aliphatic heterocycles. The molecule has 0 fully saturated rings. The van der Waals surface area contributed by atoms with Crippen molar-refractivity contribution in [2.45, 2.75) is 19.5 Å². The molecule has 1 aliphatic rings. The van der Waals surface area contributed by atoms with Crippen LogP contribution >= 0.6 is 24.0 Å². The van der Waals surface area contributed by atoms with Crippen molar-refractivity contribution in [3.63, 3.8) is 0 Å². The molecule has 0 spiro atoms. The van der Waals surface area contributed by atoms with E-state index in [9.17, 15) is 0 Å². The maximum absolute atomic E-state index is 5.43. The predicted molar refractivity (Wildman–Crippen MR) is 122 cm³/mol. The number of benzene rings is 2. The molecule has 1 heterocycles. The summed E-state index contributed by atoms with van der Waals surface area (Å²) in [5.74, 6) is 2.78. The number of aliphatic imine (C=N–C) groups is 1. The average Bonchev–Trinajstić information content (AvgIpc) is 2.73. The van der Waals surface area contributed by atoms with Crippen LogP contribution in [0.5, 0.6) is 17.2 Å². The van der Waals surface area contributed by atoms with E-state index in [1.807, 2.05) is 19.2 Å². The average molecular weight is 497 g/mol. The highest BCUT2D eigenvalue weighted by molar-refractivity contribution is 14.0. The summed E-state index contributed by atoms with van der Waals surface area (Å²) in [5.41, 5.74) is 3.82. The number of methoxy groups -OCH3 is 3. The topological polar surface area (TPSA) is 55.3 Å². The van der Waals surface area contributed by atoms with Crippen LogP contribution in [0, 0.1) is 0 Å². The smallest absolute Gasteiger partial charge is 0.203 e. The molecule has 0 saturated carbocycles. The summed E-state index contributed by atoms with van der Waals surface area (Å²) in [4.78, 5) is 6.74. The summed E-state index contributed by atoms with van der Waals surface area (Å²) in [6.07, 6.45) is 1.03. The third kappa shape index (κ3) is 4.81. The maximum Gasteiger partial charge on any atom is 0.203 e. The van der Waals surface area contributed by atoms with Crippen LogP contribution < -0.4 is 19.5 Å². The molecule has 3 rings (SSSR count). The zero-order valence-corrected chi connectivity index (χ0v) is 19.2. The lowest BCUT2D eigenvalue weighted by molar-refractivity contribution is 0.323. The summed E-state index contributed by atoms with van der Waals surface area (Å²) in [6.45, 7) is 2.43. The zero-order chi connectivity index (χ0) is 19.2. The monoisotopic (exact) mass is 497 g/mol. The Balaban J connectivity index is 0.00000280. The molecule has 0 unspecified atom stereocenters. The number of ether oxygens (including phenoxy) is 3. The largest absolute Gasteiger partial charge is 0.493 e.